The first-order chi connectivity index (χ1) is 22.4. The molecule has 1 aliphatic rings. The van der Waals surface area contributed by atoms with Crippen LogP contribution in [0.2, 0.25) is 0 Å². The average molecular weight is 652 g/mol. The number of piperidine rings is 1. The second kappa shape index (κ2) is 13.9. The van der Waals surface area contributed by atoms with E-state index in [2.05, 4.69) is 0 Å². The van der Waals surface area contributed by atoms with E-state index in [0.29, 0.717) is 46.7 Å². The minimum atomic E-state index is -5.00. The van der Waals surface area contributed by atoms with Crippen molar-refractivity contribution in [2.24, 2.45) is 0 Å². The molecule has 0 bridgehead atoms. The minimum absolute atomic E-state index is 0.0658. The number of aliphatic carboxylic acids is 1. The van der Waals surface area contributed by atoms with E-state index >= 15 is 0 Å². The van der Waals surface area contributed by atoms with Gasteiger partial charge in [-0.3, -0.25) is 9.69 Å². The van der Waals surface area contributed by atoms with Crippen molar-refractivity contribution in [3.8, 4) is 23.3 Å². The van der Waals surface area contributed by atoms with Crippen molar-refractivity contribution in [3.05, 3.63) is 89.1 Å². The summed E-state index contributed by atoms with van der Waals surface area (Å²) < 4.78 is 63.6. The number of carboxylic acid groups (broad SMARTS) is 1. The van der Waals surface area contributed by atoms with Crippen LogP contribution >= 0.6 is 0 Å². The number of likely N-dealkylation sites (tertiary alicyclic amines) is 1. The van der Waals surface area contributed by atoms with Crippen LogP contribution in [0.15, 0.2) is 66.9 Å². The number of ether oxygens (including phenoxy) is 3. The van der Waals surface area contributed by atoms with E-state index in [1.165, 1.54) is 32.5 Å². The number of nitriles is 1. The molecule has 1 atom stereocenters. The molecular weight excluding hydrogens is 615 g/mol. The number of carbonyl (C=O) groups is 1. The maximum absolute atomic E-state index is 14.9. The third kappa shape index (κ3) is 7.32. The molecule has 0 aliphatic carbocycles. The van der Waals surface area contributed by atoms with Gasteiger partial charge in [0, 0.05) is 49.7 Å². The summed E-state index contributed by atoms with van der Waals surface area (Å²) in [5.41, 5.74) is -1.17. The molecule has 248 valence electrons. The van der Waals surface area contributed by atoms with Crippen LogP contribution in [0, 0.1) is 11.3 Å². The van der Waals surface area contributed by atoms with Gasteiger partial charge in [0.05, 0.1) is 31.4 Å². The summed E-state index contributed by atoms with van der Waals surface area (Å²) in [7, 11) is 2.92. The van der Waals surface area contributed by atoms with Crippen LogP contribution in [0.4, 0.5) is 13.2 Å². The number of nitrogens with zero attached hydrogens (tertiary/aromatic N) is 3. The lowest BCUT2D eigenvalue weighted by atomic mass is 9.90. The van der Waals surface area contributed by atoms with E-state index in [1.807, 2.05) is 36.4 Å². The maximum atomic E-state index is 14.9. The number of alkyl halides is 3. The highest BCUT2D eigenvalue weighted by atomic mass is 19.4. The van der Waals surface area contributed by atoms with E-state index in [0.717, 1.165) is 5.56 Å². The first-order valence-electron chi connectivity index (χ1n) is 15.2. The van der Waals surface area contributed by atoms with Gasteiger partial charge in [0.2, 0.25) is 11.4 Å². The van der Waals surface area contributed by atoms with Gasteiger partial charge in [-0.1, -0.05) is 36.4 Å². The standard InChI is InChI=1S/C35H36F3N3O6/c1-45-30-17-24(9-11-32(42)43)18-31(46-2)33(30)47-26-12-14-40(15-13-26)22-34(44,35(36,37)38)28-21-41(20-23-6-4-3-5-7-23)29-16-25(19-39)8-10-27(28)29/h3-8,10,16-18,21,26,44H,9,11-15,20,22H2,1-2H3,(H,42,43). The second-order valence-corrected chi connectivity index (χ2v) is 11.7. The third-order valence-electron chi connectivity index (χ3n) is 8.54. The Morgan fingerprint density at radius 1 is 1.00 bits per heavy atom. The average Bonchev–Trinajstić information content (AvgIpc) is 3.42. The molecule has 5 rings (SSSR count). The highest BCUT2D eigenvalue weighted by molar-refractivity contribution is 5.86. The summed E-state index contributed by atoms with van der Waals surface area (Å²) in [4.78, 5) is 12.6. The van der Waals surface area contributed by atoms with Gasteiger partial charge in [0.15, 0.2) is 11.5 Å². The zero-order valence-corrected chi connectivity index (χ0v) is 26.1. The van der Waals surface area contributed by atoms with E-state index in [4.69, 9.17) is 19.3 Å². The Morgan fingerprint density at radius 2 is 1.66 bits per heavy atom. The third-order valence-corrected chi connectivity index (χ3v) is 8.54. The van der Waals surface area contributed by atoms with E-state index < -0.39 is 24.3 Å². The van der Waals surface area contributed by atoms with Crippen molar-refractivity contribution in [1.29, 1.82) is 5.26 Å². The largest absolute Gasteiger partial charge is 0.493 e. The normalized spacial score (nSPS) is 15.6. The molecule has 12 heteroatoms. The summed E-state index contributed by atoms with van der Waals surface area (Å²) >= 11 is 0. The number of β-amino-alcohol motifs (C(OH)–C–C–N with tert-alkyl or cyclic N) is 1. The lowest BCUT2D eigenvalue weighted by Crippen LogP contribution is -2.53. The molecule has 1 unspecified atom stereocenters. The van der Waals surface area contributed by atoms with Crippen molar-refractivity contribution in [2.75, 3.05) is 33.9 Å². The first kappa shape index (κ1) is 33.6. The molecule has 0 radical (unpaired) electrons. The number of rotatable bonds is 12. The fourth-order valence-electron chi connectivity index (χ4n) is 6.05. The molecule has 4 aromatic rings. The Morgan fingerprint density at radius 3 is 2.23 bits per heavy atom. The van der Waals surface area contributed by atoms with Crippen LogP contribution in [0.5, 0.6) is 17.2 Å². The molecule has 1 aliphatic heterocycles. The Balaban J connectivity index is 1.37. The highest BCUT2D eigenvalue weighted by Gasteiger charge is 2.57. The number of methoxy groups -OCH3 is 2. The van der Waals surface area contributed by atoms with E-state index in [-0.39, 0.29) is 49.5 Å². The predicted molar refractivity (Wildman–Crippen MR) is 168 cm³/mol. The molecule has 0 amide bonds. The SMILES string of the molecule is COc1cc(CCC(=O)O)cc(OC)c1OC1CCN(CC(O)(c2cn(Cc3ccccc3)c3cc(C#N)ccc23)C(F)(F)F)CC1. The molecule has 1 saturated heterocycles. The Labute approximate surface area is 270 Å². The molecule has 9 nitrogen and oxygen atoms in total. The lowest BCUT2D eigenvalue weighted by molar-refractivity contribution is -0.272. The molecule has 47 heavy (non-hydrogen) atoms. The number of hydrogen-bond acceptors (Lipinski definition) is 7. The number of benzene rings is 3. The predicted octanol–water partition coefficient (Wildman–Crippen LogP) is 5.89. The van der Waals surface area contributed by atoms with Gasteiger partial charge in [0.25, 0.3) is 0 Å². The quantitative estimate of drug-likeness (QED) is 0.195. The van der Waals surface area contributed by atoms with Crippen LogP contribution in [-0.2, 0) is 23.4 Å². The smallest absolute Gasteiger partial charge is 0.422 e. The van der Waals surface area contributed by atoms with Crippen molar-refractivity contribution in [3.63, 3.8) is 0 Å². The van der Waals surface area contributed by atoms with Crippen LogP contribution in [0.25, 0.3) is 10.9 Å². The van der Waals surface area contributed by atoms with Crippen molar-refractivity contribution in [1.82, 2.24) is 9.47 Å². The fraction of sp³-hybridized carbons (Fsp3) is 0.371. The van der Waals surface area contributed by atoms with Crippen LogP contribution in [-0.4, -0.2) is 71.8 Å². The number of aryl methyl sites for hydroxylation is 1. The fourth-order valence-corrected chi connectivity index (χ4v) is 6.05. The zero-order valence-electron chi connectivity index (χ0n) is 26.1. The number of aliphatic hydroxyl groups is 1. The molecular formula is C35H36F3N3O6. The van der Waals surface area contributed by atoms with Crippen LogP contribution in [0.1, 0.15) is 41.5 Å². The van der Waals surface area contributed by atoms with Crippen molar-refractivity contribution >= 4 is 16.9 Å². The van der Waals surface area contributed by atoms with Crippen molar-refractivity contribution in [2.45, 2.75) is 50.1 Å². The summed E-state index contributed by atoms with van der Waals surface area (Å²) in [6.45, 7) is 0.0339. The second-order valence-electron chi connectivity index (χ2n) is 11.7. The summed E-state index contributed by atoms with van der Waals surface area (Å²) in [6, 6.07) is 19.1. The summed E-state index contributed by atoms with van der Waals surface area (Å²) in [5, 5.41) is 30.3. The van der Waals surface area contributed by atoms with Gasteiger partial charge in [-0.15, -0.1) is 0 Å². The molecule has 0 saturated carbocycles. The van der Waals surface area contributed by atoms with Gasteiger partial charge >= 0.3 is 12.1 Å². The topological polar surface area (TPSA) is 117 Å². The first-order valence-corrected chi connectivity index (χ1v) is 15.2. The molecule has 3 aromatic carbocycles. The minimum Gasteiger partial charge on any atom is -0.493 e. The molecule has 0 spiro atoms. The van der Waals surface area contributed by atoms with Gasteiger partial charge in [0.1, 0.15) is 6.10 Å². The van der Waals surface area contributed by atoms with E-state index in [9.17, 15) is 28.3 Å². The van der Waals surface area contributed by atoms with Crippen LogP contribution in [0.3, 0.4) is 0 Å². The molecule has 2 N–H and O–H groups in total. The maximum Gasteiger partial charge on any atom is 0.422 e. The number of carboxylic acids is 1. The van der Waals surface area contributed by atoms with Crippen molar-refractivity contribution < 1.29 is 42.4 Å². The van der Waals surface area contributed by atoms with Gasteiger partial charge in [-0.2, -0.15) is 18.4 Å². The molecule has 2 heterocycles. The van der Waals surface area contributed by atoms with Gasteiger partial charge in [-0.05, 0) is 54.7 Å². The Bertz CT molecular complexity index is 1740. The van der Waals surface area contributed by atoms with Gasteiger partial charge in [-0.25, -0.2) is 0 Å². The highest BCUT2D eigenvalue weighted by Crippen LogP contribution is 2.44. The molecule has 1 aromatic heterocycles. The Hall–Kier alpha value is -4.73. The number of aromatic nitrogens is 1. The lowest BCUT2D eigenvalue weighted by Gasteiger charge is -2.39. The monoisotopic (exact) mass is 651 g/mol. The number of hydrogen-bond donors (Lipinski definition) is 2. The van der Waals surface area contributed by atoms with Gasteiger partial charge < -0.3 is 29.0 Å². The number of halogens is 3. The van der Waals surface area contributed by atoms with E-state index in [1.54, 1.807) is 27.7 Å². The number of fused-ring (bicyclic) bond motifs is 1. The summed E-state index contributed by atoms with van der Waals surface area (Å²) in [6.07, 6.45) is -3.05. The van der Waals surface area contributed by atoms with Crippen LogP contribution < -0.4 is 14.2 Å². The Kier molecular flexibility index (Phi) is 9.98. The molecule has 1 fully saturated rings. The zero-order chi connectivity index (χ0) is 33.8. The summed E-state index contributed by atoms with van der Waals surface area (Å²) in [5.74, 6) is 0.135.